The van der Waals surface area contributed by atoms with E-state index in [-0.39, 0.29) is 18.8 Å². The molecular formula is C19H17N5O2. The van der Waals surface area contributed by atoms with Gasteiger partial charge in [0.1, 0.15) is 6.07 Å². The van der Waals surface area contributed by atoms with Crippen LogP contribution in [0.5, 0.6) is 0 Å². The molecule has 26 heavy (non-hydrogen) atoms. The van der Waals surface area contributed by atoms with Crippen molar-refractivity contribution in [1.82, 2.24) is 9.90 Å². The van der Waals surface area contributed by atoms with Crippen LogP contribution >= 0.6 is 0 Å². The molecule has 0 atom stereocenters. The zero-order valence-electron chi connectivity index (χ0n) is 14.2. The van der Waals surface area contributed by atoms with Crippen LogP contribution in [0.4, 0.5) is 0 Å². The van der Waals surface area contributed by atoms with Crippen LogP contribution in [0, 0.1) is 18.3 Å². The minimum atomic E-state index is -0.656. The first-order valence-electron chi connectivity index (χ1n) is 8.05. The molecule has 1 N–H and O–H groups in total. The molecule has 7 nitrogen and oxygen atoms in total. The van der Waals surface area contributed by atoms with Gasteiger partial charge >= 0.3 is 5.56 Å². The molecule has 2 aromatic carbocycles. The fourth-order valence-corrected chi connectivity index (χ4v) is 2.52. The quantitative estimate of drug-likeness (QED) is 0.415. The molecule has 130 valence electrons. The molecule has 0 amide bonds. The first-order valence-corrected chi connectivity index (χ1v) is 8.05. The molecular weight excluding hydrogens is 330 g/mol. The molecule has 0 unspecified atom stereocenters. The molecule has 1 aromatic heterocycles. The van der Waals surface area contributed by atoms with Crippen LogP contribution in [-0.2, 0) is 13.1 Å². The molecule has 0 aliphatic rings. The van der Waals surface area contributed by atoms with E-state index in [4.69, 9.17) is 5.26 Å². The average Bonchev–Trinajstić information content (AvgIpc) is 2.98. The summed E-state index contributed by atoms with van der Waals surface area (Å²) in [5.74, 6) is -0.656. The van der Waals surface area contributed by atoms with Gasteiger partial charge < -0.3 is 5.11 Å². The van der Waals surface area contributed by atoms with E-state index in [2.05, 4.69) is 10.2 Å². The lowest BCUT2D eigenvalue weighted by Crippen LogP contribution is -2.46. The molecule has 0 fully saturated rings. The first kappa shape index (κ1) is 17.2. The number of hydrogen-bond acceptors (Lipinski definition) is 4. The number of benzene rings is 2. The third-order valence-electron chi connectivity index (χ3n) is 3.87. The van der Waals surface area contributed by atoms with E-state index in [1.807, 2.05) is 55.5 Å². The lowest BCUT2D eigenvalue weighted by Gasteiger charge is -2.06. The first-order chi connectivity index (χ1) is 12.6. The number of H-pyrrole nitrogens is 1. The Morgan fingerprint density at radius 3 is 2.58 bits per heavy atom. The Morgan fingerprint density at radius 1 is 1.23 bits per heavy atom. The van der Waals surface area contributed by atoms with Gasteiger partial charge in [-0.1, -0.05) is 57.9 Å². The van der Waals surface area contributed by atoms with Gasteiger partial charge in [-0.05, 0) is 24.6 Å². The van der Waals surface area contributed by atoms with Gasteiger partial charge in [-0.15, -0.1) is 4.68 Å². The Morgan fingerprint density at radius 2 is 1.92 bits per heavy atom. The third-order valence-corrected chi connectivity index (χ3v) is 3.87. The second-order valence-corrected chi connectivity index (χ2v) is 5.78. The summed E-state index contributed by atoms with van der Waals surface area (Å²) in [6, 6.07) is 18.5. The Kier molecular flexibility index (Phi) is 4.94. The van der Waals surface area contributed by atoms with E-state index in [0.717, 1.165) is 11.1 Å². The van der Waals surface area contributed by atoms with Crippen molar-refractivity contribution in [3.63, 3.8) is 0 Å². The Bertz CT molecular complexity index is 1020. The summed E-state index contributed by atoms with van der Waals surface area (Å²) in [7, 11) is 0. The molecule has 0 spiro atoms. The van der Waals surface area contributed by atoms with Gasteiger partial charge in [0.25, 0.3) is 0 Å². The maximum absolute atomic E-state index is 12.7. The molecule has 0 radical (unpaired) electrons. The highest BCUT2D eigenvalue weighted by Crippen LogP contribution is 2.06. The lowest BCUT2D eigenvalue weighted by atomic mass is 10.2. The maximum atomic E-state index is 12.7. The number of nitriles is 1. The van der Waals surface area contributed by atoms with Crippen LogP contribution in [0.1, 0.15) is 16.8 Å². The van der Waals surface area contributed by atoms with Gasteiger partial charge in [0.2, 0.25) is 5.69 Å². The Labute approximate surface area is 150 Å². The number of rotatable bonds is 5. The van der Waals surface area contributed by atoms with E-state index in [0.29, 0.717) is 5.69 Å². The Hall–Kier alpha value is -3.66. The van der Waals surface area contributed by atoms with Gasteiger partial charge in [-0.25, -0.2) is 4.79 Å². The van der Waals surface area contributed by atoms with Gasteiger partial charge in [0.05, 0.1) is 6.54 Å². The standard InChI is InChI=1S/C19H17N5O2/c1-14-7-9-16(10-8-14)24-19(26)17(23(22-24)12-11-20)18(25)21-13-15-5-3-2-4-6-15/h2-10H,12-13H2,1H3,(H-,21,22,25,26). The summed E-state index contributed by atoms with van der Waals surface area (Å²) < 4.78 is 2.46. The molecule has 0 saturated carbocycles. The summed E-state index contributed by atoms with van der Waals surface area (Å²) in [5, 5.41) is 24.3. The van der Waals surface area contributed by atoms with Crippen molar-refractivity contribution in [3.05, 3.63) is 81.8 Å². The Balaban J connectivity index is 2.01. The number of aryl methyl sites for hydroxylation is 1. The lowest BCUT2D eigenvalue weighted by molar-refractivity contribution is -0.746. The monoisotopic (exact) mass is 347 g/mol. The minimum Gasteiger partial charge on any atom is -0.856 e. The van der Waals surface area contributed by atoms with Crippen molar-refractivity contribution >= 4 is 5.90 Å². The molecule has 0 bridgehead atoms. The predicted octanol–water partition coefficient (Wildman–Crippen LogP) is 0.592. The van der Waals surface area contributed by atoms with E-state index in [9.17, 15) is 9.90 Å². The summed E-state index contributed by atoms with van der Waals surface area (Å²) in [6.07, 6.45) is 0. The summed E-state index contributed by atoms with van der Waals surface area (Å²) in [6.45, 7) is 1.95. The number of nitrogens with zero attached hydrogens (tertiary/aromatic N) is 4. The summed E-state index contributed by atoms with van der Waals surface area (Å²) in [4.78, 5) is 16.7. The highest BCUT2D eigenvalue weighted by molar-refractivity contribution is 5.86. The number of hydrogen-bond donors (Lipinski definition) is 1. The molecule has 0 saturated heterocycles. The van der Waals surface area contributed by atoms with Crippen LogP contribution in [-0.4, -0.2) is 15.8 Å². The van der Waals surface area contributed by atoms with E-state index in [1.54, 1.807) is 12.1 Å². The van der Waals surface area contributed by atoms with Gasteiger partial charge in [-0.3, -0.25) is 4.99 Å². The number of aliphatic imine (C=N–C) groups is 1. The fraction of sp³-hybridized carbons (Fsp3) is 0.158. The molecule has 3 rings (SSSR count). The van der Waals surface area contributed by atoms with Crippen molar-refractivity contribution in [2.75, 3.05) is 0 Å². The second-order valence-electron chi connectivity index (χ2n) is 5.78. The van der Waals surface area contributed by atoms with Crippen molar-refractivity contribution in [3.8, 4) is 11.8 Å². The van der Waals surface area contributed by atoms with Crippen molar-refractivity contribution < 1.29 is 9.79 Å². The van der Waals surface area contributed by atoms with Crippen LogP contribution in [0.2, 0.25) is 0 Å². The zero-order valence-corrected chi connectivity index (χ0v) is 14.2. The average molecular weight is 347 g/mol. The van der Waals surface area contributed by atoms with Crippen LogP contribution in [0.25, 0.3) is 5.69 Å². The summed E-state index contributed by atoms with van der Waals surface area (Å²) >= 11 is 0. The predicted molar refractivity (Wildman–Crippen MR) is 93.6 cm³/mol. The maximum Gasteiger partial charge on any atom is 0.406 e. The number of aromatic nitrogens is 3. The smallest absolute Gasteiger partial charge is 0.406 e. The van der Waals surface area contributed by atoms with Crippen LogP contribution < -0.4 is 15.3 Å². The topological polar surface area (TPSA) is 101 Å². The normalized spacial score (nSPS) is 11.3. The van der Waals surface area contributed by atoms with E-state index in [1.165, 1.54) is 9.36 Å². The van der Waals surface area contributed by atoms with E-state index < -0.39 is 11.5 Å². The van der Waals surface area contributed by atoms with Crippen molar-refractivity contribution in [1.29, 1.82) is 5.26 Å². The molecule has 1 heterocycles. The number of nitrogens with one attached hydrogen (secondary N) is 1. The highest BCUT2D eigenvalue weighted by atomic mass is 16.3. The molecule has 7 heteroatoms. The largest absolute Gasteiger partial charge is 0.856 e. The van der Waals surface area contributed by atoms with Gasteiger partial charge in [0, 0.05) is 5.90 Å². The molecule has 0 aliphatic carbocycles. The van der Waals surface area contributed by atoms with Crippen molar-refractivity contribution in [2.24, 2.45) is 4.99 Å². The summed E-state index contributed by atoms with van der Waals surface area (Å²) in [5.41, 5.74) is 1.79. The zero-order chi connectivity index (χ0) is 18.5. The van der Waals surface area contributed by atoms with Gasteiger partial charge in [-0.2, -0.15) is 5.26 Å². The van der Waals surface area contributed by atoms with Gasteiger partial charge in [0.15, 0.2) is 12.2 Å². The van der Waals surface area contributed by atoms with Crippen LogP contribution in [0.3, 0.4) is 0 Å². The number of aromatic amines is 1. The second kappa shape index (κ2) is 7.49. The third kappa shape index (κ3) is 3.54. The highest BCUT2D eigenvalue weighted by Gasteiger charge is 2.23. The minimum absolute atomic E-state index is 0.157. The molecule has 0 aliphatic heterocycles. The van der Waals surface area contributed by atoms with Crippen molar-refractivity contribution in [2.45, 2.75) is 20.0 Å². The van der Waals surface area contributed by atoms with E-state index >= 15 is 0 Å². The molecule has 3 aromatic rings. The fourth-order valence-electron chi connectivity index (χ4n) is 2.52. The SMILES string of the molecule is Cc1ccc(-n2[nH][n+](CC#N)c(C([O-])=NCc3ccccc3)c2=O)cc1. The van der Waals surface area contributed by atoms with Crippen LogP contribution in [0.15, 0.2) is 64.4 Å².